The fourth-order valence-corrected chi connectivity index (χ4v) is 2.91. The van der Waals surface area contributed by atoms with Gasteiger partial charge in [0, 0.05) is 12.6 Å². The van der Waals surface area contributed by atoms with E-state index in [-0.39, 0.29) is 16.7 Å². The number of nitro groups is 1. The van der Waals surface area contributed by atoms with Gasteiger partial charge in [-0.25, -0.2) is 4.98 Å². The van der Waals surface area contributed by atoms with Gasteiger partial charge in [-0.1, -0.05) is 13.8 Å². The van der Waals surface area contributed by atoms with Crippen LogP contribution >= 0.6 is 11.3 Å². The maximum Gasteiger partial charge on any atom is 0.319 e. The second kappa shape index (κ2) is 6.36. The third kappa shape index (κ3) is 3.48. The van der Waals surface area contributed by atoms with Crippen LogP contribution in [0.5, 0.6) is 0 Å². The van der Waals surface area contributed by atoms with Gasteiger partial charge in [0.05, 0.1) is 15.1 Å². The fraction of sp³-hybridized carbons (Fsp3) is 0.500. The number of hydrogen-bond acceptors (Lipinski definition) is 6. The Morgan fingerprint density at radius 3 is 2.71 bits per heavy atom. The van der Waals surface area contributed by atoms with Gasteiger partial charge in [0.2, 0.25) is 0 Å². The third-order valence-corrected chi connectivity index (χ3v) is 4.16. The van der Waals surface area contributed by atoms with Crippen LogP contribution in [0.15, 0.2) is 17.6 Å². The van der Waals surface area contributed by atoms with Gasteiger partial charge in [-0.15, -0.1) is 11.3 Å². The summed E-state index contributed by atoms with van der Waals surface area (Å²) in [4.78, 5) is 17.3. The number of fused-ring (bicyclic) bond motifs is 1. The van der Waals surface area contributed by atoms with E-state index in [4.69, 9.17) is 0 Å². The molecule has 1 aromatic heterocycles. The highest BCUT2D eigenvalue weighted by atomic mass is 32.1. The van der Waals surface area contributed by atoms with Crippen molar-refractivity contribution in [2.75, 3.05) is 26.0 Å². The first-order chi connectivity index (χ1) is 9.90. The van der Waals surface area contributed by atoms with E-state index in [1.54, 1.807) is 11.6 Å². The van der Waals surface area contributed by atoms with Gasteiger partial charge in [0.15, 0.2) is 5.52 Å². The molecular formula is C14H20N4O2S. The topological polar surface area (TPSA) is 71.3 Å². The van der Waals surface area contributed by atoms with Crippen LogP contribution in [0.3, 0.4) is 0 Å². The molecule has 0 saturated heterocycles. The maximum atomic E-state index is 11.4. The summed E-state index contributed by atoms with van der Waals surface area (Å²) in [5.74, 6) is 0.359. The number of hydrogen-bond donors (Lipinski definition) is 1. The Bertz CT molecular complexity index is 639. The number of nitro benzene ring substituents is 1. The minimum atomic E-state index is -0.350. The zero-order valence-corrected chi connectivity index (χ0v) is 13.5. The van der Waals surface area contributed by atoms with Crippen molar-refractivity contribution in [1.29, 1.82) is 0 Å². The lowest BCUT2D eigenvalue weighted by molar-refractivity contribution is -0.382. The standard InChI is InChI=1S/C14H20N4O2S/c1-9(2)11(7-17(3)4)16-10-5-6-12-13(15-8-21-12)14(10)18(19)20/h5-6,8-9,11,16H,7H2,1-4H3. The summed E-state index contributed by atoms with van der Waals surface area (Å²) in [6.45, 7) is 5.02. The molecule has 0 fully saturated rings. The summed E-state index contributed by atoms with van der Waals surface area (Å²) in [6, 6.07) is 3.80. The van der Waals surface area contributed by atoms with E-state index in [2.05, 4.69) is 29.0 Å². The molecule has 6 nitrogen and oxygen atoms in total. The zero-order chi connectivity index (χ0) is 15.6. The predicted molar refractivity (Wildman–Crippen MR) is 87.1 cm³/mol. The van der Waals surface area contributed by atoms with E-state index in [1.807, 2.05) is 20.2 Å². The summed E-state index contributed by atoms with van der Waals surface area (Å²) in [5.41, 5.74) is 2.71. The van der Waals surface area contributed by atoms with Gasteiger partial charge in [-0.2, -0.15) is 0 Å². The van der Waals surface area contributed by atoms with Gasteiger partial charge in [0.25, 0.3) is 0 Å². The Labute approximate surface area is 127 Å². The minimum Gasteiger partial charge on any atom is -0.375 e. The minimum absolute atomic E-state index is 0.0677. The van der Waals surface area contributed by atoms with Crippen molar-refractivity contribution >= 4 is 32.9 Å². The molecule has 0 bridgehead atoms. The molecule has 0 spiro atoms. The van der Waals surface area contributed by atoms with Crippen LogP contribution in [0.4, 0.5) is 11.4 Å². The van der Waals surface area contributed by atoms with Gasteiger partial charge >= 0.3 is 5.69 Å². The van der Waals surface area contributed by atoms with Crippen molar-refractivity contribution in [2.45, 2.75) is 19.9 Å². The Hall–Kier alpha value is -1.73. The monoisotopic (exact) mass is 308 g/mol. The van der Waals surface area contributed by atoms with Crippen molar-refractivity contribution in [3.05, 3.63) is 27.8 Å². The number of nitrogens with one attached hydrogen (secondary N) is 1. The molecule has 1 unspecified atom stereocenters. The Balaban J connectivity index is 2.40. The number of anilines is 1. The lowest BCUT2D eigenvalue weighted by Gasteiger charge is -2.26. The number of benzene rings is 1. The quantitative estimate of drug-likeness (QED) is 0.655. The van der Waals surface area contributed by atoms with E-state index < -0.39 is 0 Å². The molecular weight excluding hydrogens is 288 g/mol. The van der Waals surface area contributed by atoms with Crippen molar-refractivity contribution in [2.24, 2.45) is 5.92 Å². The average molecular weight is 308 g/mol. The molecule has 0 aliphatic carbocycles. The molecule has 1 aromatic carbocycles. The molecule has 0 amide bonds. The Kier molecular flexibility index (Phi) is 4.74. The highest BCUT2D eigenvalue weighted by Gasteiger charge is 2.24. The lowest BCUT2D eigenvalue weighted by Crippen LogP contribution is -2.36. The molecule has 2 rings (SSSR count). The van der Waals surface area contributed by atoms with E-state index in [9.17, 15) is 10.1 Å². The first kappa shape index (κ1) is 15.7. The maximum absolute atomic E-state index is 11.4. The number of nitrogens with zero attached hydrogens (tertiary/aromatic N) is 3. The predicted octanol–water partition coefficient (Wildman–Crippen LogP) is 3.20. The van der Waals surface area contributed by atoms with Crippen LogP contribution in [-0.4, -0.2) is 41.5 Å². The van der Waals surface area contributed by atoms with Crippen LogP contribution in [0.25, 0.3) is 10.2 Å². The normalized spacial score (nSPS) is 13.0. The second-order valence-electron chi connectivity index (χ2n) is 5.68. The average Bonchev–Trinajstić information content (AvgIpc) is 2.84. The summed E-state index contributed by atoms with van der Waals surface area (Å²) in [6.07, 6.45) is 0. The molecule has 0 saturated carbocycles. The molecule has 1 heterocycles. The molecule has 1 atom stereocenters. The van der Waals surface area contributed by atoms with E-state index in [0.29, 0.717) is 17.1 Å². The van der Waals surface area contributed by atoms with Gasteiger partial charge in [0.1, 0.15) is 5.69 Å². The first-order valence-corrected chi connectivity index (χ1v) is 7.70. The molecule has 1 N–H and O–H groups in total. The molecule has 2 aromatic rings. The van der Waals surface area contributed by atoms with Crippen molar-refractivity contribution in [3.8, 4) is 0 Å². The molecule has 0 radical (unpaired) electrons. The molecule has 0 aliphatic rings. The highest BCUT2D eigenvalue weighted by Crippen LogP contribution is 2.35. The third-order valence-electron chi connectivity index (χ3n) is 3.37. The first-order valence-electron chi connectivity index (χ1n) is 6.82. The summed E-state index contributed by atoms with van der Waals surface area (Å²) in [7, 11) is 3.99. The zero-order valence-electron chi connectivity index (χ0n) is 12.7. The fourth-order valence-electron chi connectivity index (χ4n) is 2.23. The molecule has 21 heavy (non-hydrogen) atoms. The SMILES string of the molecule is CC(C)C(CN(C)C)Nc1ccc2scnc2c1[N+](=O)[O-]. The lowest BCUT2D eigenvalue weighted by atomic mass is 10.0. The summed E-state index contributed by atoms with van der Waals surface area (Å²) >= 11 is 1.41. The van der Waals surface area contributed by atoms with E-state index in [0.717, 1.165) is 11.2 Å². The number of likely N-dealkylation sites (N-methyl/N-ethyl adjacent to an activating group) is 1. The van der Waals surface area contributed by atoms with Crippen molar-refractivity contribution < 1.29 is 4.92 Å². The van der Waals surface area contributed by atoms with Crippen LogP contribution in [0, 0.1) is 16.0 Å². The van der Waals surface area contributed by atoms with Crippen LogP contribution < -0.4 is 5.32 Å². The second-order valence-corrected chi connectivity index (χ2v) is 6.56. The number of aromatic nitrogens is 1. The Morgan fingerprint density at radius 1 is 1.43 bits per heavy atom. The largest absolute Gasteiger partial charge is 0.375 e. The van der Waals surface area contributed by atoms with Crippen molar-refractivity contribution in [3.63, 3.8) is 0 Å². The highest BCUT2D eigenvalue weighted by molar-refractivity contribution is 7.16. The van der Waals surface area contributed by atoms with Crippen LogP contribution in [-0.2, 0) is 0 Å². The van der Waals surface area contributed by atoms with Crippen LogP contribution in [0.1, 0.15) is 13.8 Å². The van der Waals surface area contributed by atoms with Gasteiger partial charge in [-0.3, -0.25) is 10.1 Å². The smallest absolute Gasteiger partial charge is 0.319 e. The van der Waals surface area contributed by atoms with Crippen LogP contribution in [0.2, 0.25) is 0 Å². The van der Waals surface area contributed by atoms with Gasteiger partial charge < -0.3 is 10.2 Å². The Morgan fingerprint density at radius 2 is 2.14 bits per heavy atom. The molecule has 114 valence electrons. The summed E-state index contributed by atoms with van der Waals surface area (Å²) in [5, 5.41) is 14.7. The summed E-state index contributed by atoms with van der Waals surface area (Å²) < 4.78 is 0.834. The van der Waals surface area contributed by atoms with E-state index >= 15 is 0 Å². The van der Waals surface area contributed by atoms with Crippen molar-refractivity contribution in [1.82, 2.24) is 9.88 Å². The molecule has 7 heteroatoms. The van der Waals surface area contributed by atoms with E-state index in [1.165, 1.54) is 11.3 Å². The number of thiazole rings is 1. The number of rotatable bonds is 6. The van der Waals surface area contributed by atoms with Gasteiger partial charge in [-0.05, 0) is 32.1 Å². The molecule has 0 aliphatic heterocycles.